The van der Waals surface area contributed by atoms with Gasteiger partial charge in [-0.2, -0.15) is 0 Å². The molecule has 0 amide bonds. The van der Waals surface area contributed by atoms with Gasteiger partial charge in [0.05, 0.1) is 5.52 Å². The van der Waals surface area contributed by atoms with Crippen molar-refractivity contribution >= 4 is 10.9 Å². The van der Waals surface area contributed by atoms with E-state index in [4.69, 9.17) is 9.47 Å². The normalized spacial score (nSPS) is 22.7. The highest BCUT2D eigenvalue weighted by atomic mass is 19.1. The average molecular weight is 451 g/mol. The van der Waals surface area contributed by atoms with Crippen LogP contribution in [0.25, 0.3) is 10.9 Å². The zero-order chi connectivity index (χ0) is 22.4. The zero-order valence-corrected chi connectivity index (χ0v) is 18.4. The predicted molar refractivity (Wildman–Crippen MR) is 123 cm³/mol. The molecular weight excluding hydrogens is 423 g/mol. The molecule has 8 heteroatoms. The second kappa shape index (κ2) is 8.43. The number of nitrogens with zero attached hydrogens (tertiary/aromatic N) is 3. The van der Waals surface area contributed by atoms with Crippen LogP contribution in [0.4, 0.5) is 4.39 Å². The number of ether oxygens (including phenoxy) is 2. The summed E-state index contributed by atoms with van der Waals surface area (Å²) < 4.78 is 28.2. The van der Waals surface area contributed by atoms with E-state index >= 15 is 0 Å². The average Bonchev–Trinajstić information content (AvgIpc) is 3.23. The van der Waals surface area contributed by atoms with Crippen molar-refractivity contribution in [2.24, 2.45) is 0 Å². The van der Waals surface area contributed by atoms with E-state index in [1.54, 1.807) is 29.0 Å². The van der Waals surface area contributed by atoms with Gasteiger partial charge in [-0.25, -0.2) is 9.37 Å². The number of nitrogens with one attached hydrogen (secondary N) is 1. The maximum Gasteiger partial charge on any atom is 0.257 e. The maximum absolute atomic E-state index is 14.8. The van der Waals surface area contributed by atoms with Gasteiger partial charge in [-0.1, -0.05) is 0 Å². The molecule has 172 valence electrons. The number of likely N-dealkylation sites (tertiary alicyclic amines) is 1. The van der Waals surface area contributed by atoms with Crippen LogP contribution in [0.5, 0.6) is 11.6 Å². The van der Waals surface area contributed by atoms with Gasteiger partial charge < -0.3 is 24.3 Å². The van der Waals surface area contributed by atoms with Crippen LogP contribution in [0.3, 0.4) is 0 Å². The molecule has 33 heavy (non-hydrogen) atoms. The summed E-state index contributed by atoms with van der Waals surface area (Å²) in [7, 11) is 0. The quantitative estimate of drug-likeness (QED) is 0.644. The lowest BCUT2D eigenvalue weighted by atomic mass is 9.97. The number of aromatic nitrogens is 2. The van der Waals surface area contributed by atoms with Crippen LogP contribution >= 0.6 is 0 Å². The van der Waals surface area contributed by atoms with Crippen molar-refractivity contribution < 1.29 is 13.9 Å². The van der Waals surface area contributed by atoms with E-state index in [1.165, 1.54) is 6.07 Å². The minimum atomic E-state index is -0.202. The second-order valence-electron chi connectivity index (χ2n) is 9.22. The summed E-state index contributed by atoms with van der Waals surface area (Å²) in [6.45, 7) is 4.45. The lowest BCUT2D eigenvalue weighted by molar-refractivity contribution is 0.0788. The third kappa shape index (κ3) is 3.87. The smallest absolute Gasteiger partial charge is 0.257 e. The number of piperidine rings is 1. The third-order valence-electron chi connectivity index (χ3n) is 7.09. The summed E-state index contributed by atoms with van der Waals surface area (Å²) in [4.78, 5) is 19.0. The number of rotatable bonds is 5. The number of fused-ring (bicyclic) bond motifs is 1. The maximum atomic E-state index is 14.8. The minimum absolute atomic E-state index is 0.00802. The van der Waals surface area contributed by atoms with Gasteiger partial charge in [0, 0.05) is 49.4 Å². The molecule has 0 bridgehead atoms. The molecule has 1 aromatic carbocycles. The van der Waals surface area contributed by atoms with Crippen LogP contribution in [-0.4, -0.2) is 59.4 Å². The van der Waals surface area contributed by atoms with E-state index in [-0.39, 0.29) is 23.4 Å². The number of pyridine rings is 2. The molecule has 3 aliphatic rings. The van der Waals surface area contributed by atoms with Crippen molar-refractivity contribution in [3.8, 4) is 11.6 Å². The van der Waals surface area contributed by atoms with Crippen molar-refractivity contribution in [1.29, 1.82) is 0 Å². The number of hydrogen-bond acceptors (Lipinski definition) is 6. The van der Waals surface area contributed by atoms with Gasteiger partial charge in [0.25, 0.3) is 11.4 Å². The van der Waals surface area contributed by atoms with Crippen LogP contribution < -0.4 is 20.3 Å². The van der Waals surface area contributed by atoms with Crippen molar-refractivity contribution in [2.75, 3.05) is 32.8 Å². The number of halogens is 1. The Balaban J connectivity index is 1.04. The Hall–Kier alpha value is -2.97. The van der Waals surface area contributed by atoms with E-state index in [2.05, 4.69) is 15.2 Å². The van der Waals surface area contributed by atoms with Crippen molar-refractivity contribution in [3.63, 3.8) is 0 Å². The minimum Gasteiger partial charge on any atom is -0.484 e. The van der Waals surface area contributed by atoms with Crippen LogP contribution in [0.1, 0.15) is 24.3 Å². The van der Waals surface area contributed by atoms with E-state index in [0.29, 0.717) is 36.4 Å². The van der Waals surface area contributed by atoms with E-state index in [0.717, 1.165) is 49.9 Å². The molecule has 0 aliphatic carbocycles. The molecule has 2 aromatic heterocycles. The first-order valence-corrected chi connectivity index (χ1v) is 11.7. The fraction of sp³-hybridized carbons (Fsp3) is 0.440. The molecule has 0 spiro atoms. The Kier molecular flexibility index (Phi) is 5.27. The number of hydrogen-bond donors (Lipinski definition) is 1. The molecular formula is C25H27FN4O3. The summed E-state index contributed by atoms with van der Waals surface area (Å²) in [5.74, 6) is 1.06. The Morgan fingerprint density at radius 3 is 2.88 bits per heavy atom. The predicted octanol–water partition coefficient (Wildman–Crippen LogP) is 2.53. The van der Waals surface area contributed by atoms with Gasteiger partial charge in [0.15, 0.2) is 5.75 Å². The van der Waals surface area contributed by atoms with Gasteiger partial charge >= 0.3 is 0 Å². The highest BCUT2D eigenvalue weighted by Crippen LogP contribution is 2.35. The summed E-state index contributed by atoms with van der Waals surface area (Å²) in [6, 6.07) is 10.8. The molecule has 1 unspecified atom stereocenters. The highest BCUT2D eigenvalue weighted by Gasteiger charge is 2.31. The summed E-state index contributed by atoms with van der Waals surface area (Å²) >= 11 is 0. The molecule has 3 aliphatic heterocycles. The fourth-order valence-electron chi connectivity index (χ4n) is 5.41. The standard InChI is InChI=1S/C25H27FN4O3/c26-20-5-3-16-4-6-22(31)30-14-17(23(20)24(16)30)13-29-10-7-18(8-11-29)28-12-19-15-32-21-2-1-9-27-25(21)33-19/h1-6,9,17-19,28H,7-8,10-15H2/t17?,19-/m0/s1. The van der Waals surface area contributed by atoms with Crippen LogP contribution in [0, 0.1) is 5.82 Å². The van der Waals surface area contributed by atoms with Crippen molar-refractivity contribution in [3.05, 3.63) is 64.3 Å². The molecule has 5 heterocycles. The van der Waals surface area contributed by atoms with Gasteiger partial charge in [-0.15, -0.1) is 0 Å². The first-order chi connectivity index (χ1) is 16.2. The lowest BCUT2D eigenvalue weighted by Gasteiger charge is -2.35. The summed E-state index contributed by atoms with van der Waals surface area (Å²) in [5.41, 5.74) is 1.43. The van der Waals surface area contributed by atoms with Crippen LogP contribution in [-0.2, 0) is 6.54 Å². The topological polar surface area (TPSA) is 68.6 Å². The summed E-state index contributed by atoms with van der Waals surface area (Å²) in [6.07, 6.45) is 3.70. The van der Waals surface area contributed by atoms with Crippen molar-refractivity contribution in [1.82, 2.24) is 19.8 Å². The van der Waals surface area contributed by atoms with E-state index < -0.39 is 0 Å². The molecule has 1 saturated heterocycles. The zero-order valence-electron chi connectivity index (χ0n) is 18.4. The van der Waals surface area contributed by atoms with Gasteiger partial charge in [0.1, 0.15) is 18.5 Å². The molecule has 1 fully saturated rings. The van der Waals surface area contributed by atoms with E-state index in [1.807, 2.05) is 12.1 Å². The molecule has 0 saturated carbocycles. The molecule has 1 N–H and O–H groups in total. The van der Waals surface area contributed by atoms with Crippen LogP contribution in [0.2, 0.25) is 0 Å². The third-order valence-corrected chi connectivity index (χ3v) is 7.09. The van der Waals surface area contributed by atoms with Gasteiger partial charge in [-0.3, -0.25) is 4.79 Å². The van der Waals surface area contributed by atoms with Gasteiger partial charge in [-0.05, 0) is 61.6 Å². The highest BCUT2D eigenvalue weighted by molar-refractivity contribution is 5.84. The Bertz CT molecular complexity index is 1240. The molecule has 0 radical (unpaired) electrons. The van der Waals surface area contributed by atoms with Crippen LogP contribution in [0.15, 0.2) is 47.4 Å². The lowest BCUT2D eigenvalue weighted by Crippen LogP contribution is -2.47. The Morgan fingerprint density at radius 2 is 2.00 bits per heavy atom. The number of benzene rings is 1. The first-order valence-electron chi connectivity index (χ1n) is 11.7. The fourth-order valence-corrected chi connectivity index (χ4v) is 5.41. The SMILES string of the molecule is O=c1ccc2ccc(F)c3c2n1CC3CN1CCC(NC[C@H]2COc3cccnc3O2)CC1. The first kappa shape index (κ1) is 20.6. The molecule has 7 nitrogen and oxygen atoms in total. The monoisotopic (exact) mass is 450 g/mol. The largest absolute Gasteiger partial charge is 0.484 e. The second-order valence-corrected chi connectivity index (χ2v) is 9.22. The molecule has 3 aromatic rings. The van der Waals surface area contributed by atoms with Gasteiger partial charge in [0.2, 0.25) is 0 Å². The molecule has 2 atom stereocenters. The molecule has 6 rings (SSSR count). The Morgan fingerprint density at radius 1 is 1.15 bits per heavy atom. The Labute approximate surface area is 191 Å². The summed E-state index contributed by atoms with van der Waals surface area (Å²) in [5, 5.41) is 4.55. The van der Waals surface area contributed by atoms with E-state index in [9.17, 15) is 9.18 Å². The van der Waals surface area contributed by atoms with Crippen molar-refractivity contribution in [2.45, 2.75) is 37.5 Å².